The molecule has 3 aromatic rings. The van der Waals surface area contributed by atoms with Crippen LogP contribution in [0.3, 0.4) is 0 Å². The van der Waals surface area contributed by atoms with E-state index in [1.165, 1.54) is 0 Å². The van der Waals surface area contributed by atoms with Gasteiger partial charge in [-0.3, -0.25) is 4.79 Å². The Morgan fingerprint density at radius 1 is 1.07 bits per heavy atom. The van der Waals surface area contributed by atoms with Gasteiger partial charge in [0.25, 0.3) is 5.91 Å². The zero-order valence-corrected chi connectivity index (χ0v) is 16.2. The van der Waals surface area contributed by atoms with Crippen LogP contribution in [0.15, 0.2) is 60.8 Å². The molecule has 7 heteroatoms. The maximum Gasteiger partial charge on any atom is 0.270 e. The van der Waals surface area contributed by atoms with Crippen molar-refractivity contribution in [3.63, 3.8) is 0 Å². The fourth-order valence-corrected chi connectivity index (χ4v) is 2.66. The van der Waals surface area contributed by atoms with Crippen LogP contribution in [0.4, 0.5) is 11.6 Å². The number of carbonyl (C=O) groups excluding carboxylic acids is 1. The summed E-state index contributed by atoms with van der Waals surface area (Å²) in [6.45, 7) is 3.06. The standard InChI is InChI=1S/C21H21ClN4O2/c1-2-28-18-9-7-17(8-10-18)25-21-24-14-12-19(26-21)20(27)23-13-11-15-3-5-16(22)6-4-15/h3-10,12,14H,2,11,13H2,1H3,(H,23,27)(H,24,25,26). The zero-order valence-electron chi connectivity index (χ0n) is 15.5. The van der Waals surface area contributed by atoms with Gasteiger partial charge in [0.05, 0.1) is 6.61 Å². The normalized spacial score (nSPS) is 10.4. The second-order valence-electron chi connectivity index (χ2n) is 5.98. The van der Waals surface area contributed by atoms with Crippen molar-refractivity contribution in [3.05, 3.63) is 77.1 Å². The topological polar surface area (TPSA) is 76.1 Å². The van der Waals surface area contributed by atoms with Crippen LogP contribution in [0.5, 0.6) is 5.75 Å². The van der Waals surface area contributed by atoms with Crippen molar-refractivity contribution in [1.29, 1.82) is 0 Å². The number of nitrogens with zero attached hydrogens (tertiary/aromatic N) is 2. The van der Waals surface area contributed by atoms with E-state index >= 15 is 0 Å². The van der Waals surface area contributed by atoms with Gasteiger partial charge in [0, 0.05) is 23.5 Å². The third-order valence-electron chi connectivity index (χ3n) is 3.92. The molecule has 1 amide bonds. The van der Waals surface area contributed by atoms with Crippen LogP contribution in [-0.2, 0) is 6.42 Å². The summed E-state index contributed by atoms with van der Waals surface area (Å²) in [7, 11) is 0. The molecule has 1 aromatic heterocycles. The van der Waals surface area contributed by atoms with Crippen LogP contribution in [0.1, 0.15) is 23.0 Å². The number of nitrogens with one attached hydrogen (secondary N) is 2. The number of halogens is 1. The van der Waals surface area contributed by atoms with E-state index in [2.05, 4.69) is 20.6 Å². The van der Waals surface area contributed by atoms with Crippen LogP contribution >= 0.6 is 11.6 Å². The number of benzene rings is 2. The molecule has 0 bridgehead atoms. The van der Waals surface area contributed by atoms with Gasteiger partial charge in [-0.25, -0.2) is 9.97 Å². The lowest BCUT2D eigenvalue weighted by molar-refractivity contribution is 0.0949. The van der Waals surface area contributed by atoms with Crippen molar-refractivity contribution in [3.8, 4) is 5.75 Å². The molecule has 0 saturated carbocycles. The van der Waals surface area contributed by atoms with E-state index in [-0.39, 0.29) is 5.91 Å². The van der Waals surface area contributed by atoms with Crippen molar-refractivity contribution in [2.24, 2.45) is 0 Å². The summed E-state index contributed by atoms with van der Waals surface area (Å²) in [5.74, 6) is 0.906. The van der Waals surface area contributed by atoms with Crippen LogP contribution in [0, 0.1) is 0 Å². The molecule has 1 heterocycles. The Kier molecular flexibility index (Phi) is 6.81. The quantitative estimate of drug-likeness (QED) is 0.595. The van der Waals surface area contributed by atoms with Crippen LogP contribution in [-0.4, -0.2) is 29.0 Å². The number of hydrogen-bond acceptors (Lipinski definition) is 5. The average molecular weight is 397 g/mol. The fourth-order valence-electron chi connectivity index (χ4n) is 2.54. The Labute approximate surface area is 168 Å². The van der Waals surface area contributed by atoms with Crippen molar-refractivity contribution in [1.82, 2.24) is 15.3 Å². The highest BCUT2D eigenvalue weighted by atomic mass is 35.5. The predicted octanol–water partition coefficient (Wildman–Crippen LogP) is 4.24. The lowest BCUT2D eigenvalue weighted by atomic mass is 10.1. The number of amides is 1. The number of rotatable bonds is 8. The minimum Gasteiger partial charge on any atom is -0.494 e. The van der Waals surface area contributed by atoms with Crippen LogP contribution < -0.4 is 15.4 Å². The van der Waals surface area contributed by atoms with Crippen molar-refractivity contribution in [2.45, 2.75) is 13.3 Å². The van der Waals surface area contributed by atoms with Crippen LogP contribution in [0.25, 0.3) is 0 Å². The summed E-state index contributed by atoms with van der Waals surface area (Å²) in [5, 5.41) is 6.65. The molecule has 0 saturated heterocycles. The van der Waals surface area contributed by atoms with Gasteiger partial charge >= 0.3 is 0 Å². The number of hydrogen-bond donors (Lipinski definition) is 2. The Balaban J connectivity index is 1.55. The smallest absolute Gasteiger partial charge is 0.270 e. The molecule has 144 valence electrons. The molecule has 0 spiro atoms. The average Bonchev–Trinajstić information content (AvgIpc) is 2.71. The summed E-state index contributed by atoms with van der Waals surface area (Å²) in [4.78, 5) is 20.8. The number of carbonyl (C=O) groups is 1. The first-order valence-electron chi connectivity index (χ1n) is 8.99. The van der Waals surface area contributed by atoms with Crippen molar-refractivity contribution >= 4 is 29.1 Å². The SMILES string of the molecule is CCOc1ccc(Nc2nccc(C(=O)NCCc3ccc(Cl)cc3)n2)cc1. The first kappa shape index (κ1) is 19.6. The van der Waals surface area contributed by atoms with E-state index in [0.717, 1.165) is 17.0 Å². The fraction of sp³-hybridized carbons (Fsp3) is 0.190. The van der Waals surface area contributed by atoms with Gasteiger partial charge in [-0.2, -0.15) is 0 Å². The molecular weight excluding hydrogens is 376 g/mol. The van der Waals surface area contributed by atoms with E-state index in [0.29, 0.717) is 36.2 Å². The van der Waals surface area contributed by atoms with Crippen molar-refractivity contribution in [2.75, 3.05) is 18.5 Å². The van der Waals surface area contributed by atoms with Gasteiger partial charge in [0.1, 0.15) is 11.4 Å². The molecule has 2 aromatic carbocycles. The highest BCUT2D eigenvalue weighted by Gasteiger charge is 2.09. The second kappa shape index (κ2) is 9.71. The lowest BCUT2D eigenvalue weighted by Crippen LogP contribution is -2.26. The second-order valence-corrected chi connectivity index (χ2v) is 6.42. The Morgan fingerprint density at radius 3 is 2.54 bits per heavy atom. The van der Waals surface area contributed by atoms with Gasteiger partial charge in [0.2, 0.25) is 5.95 Å². The van der Waals surface area contributed by atoms with Gasteiger partial charge in [-0.15, -0.1) is 0 Å². The molecule has 0 fully saturated rings. The Morgan fingerprint density at radius 2 is 1.82 bits per heavy atom. The van der Waals surface area contributed by atoms with Gasteiger partial charge in [-0.05, 0) is 61.4 Å². The Bertz CT molecular complexity index is 914. The number of aromatic nitrogens is 2. The number of ether oxygens (including phenoxy) is 1. The van der Waals surface area contributed by atoms with Gasteiger partial charge in [0.15, 0.2) is 0 Å². The van der Waals surface area contributed by atoms with E-state index in [1.807, 2.05) is 55.5 Å². The summed E-state index contributed by atoms with van der Waals surface area (Å²) in [6, 6.07) is 16.6. The molecule has 3 rings (SSSR count). The zero-order chi connectivity index (χ0) is 19.8. The molecule has 0 atom stereocenters. The molecule has 0 radical (unpaired) electrons. The minimum atomic E-state index is -0.244. The Hall–Kier alpha value is -3.12. The third-order valence-corrected chi connectivity index (χ3v) is 4.17. The maximum absolute atomic E-state index is 12.3. The maximum atomic E-state index is 12.3. The molecule has 2 N–H and O–H groups in total. The van der Waals surface area contributed by atoms with E-state index in [1.54, 1.807) is 12.3 Å². The van der Waals surface area contributed by atoms with Crippen molar-refractivity contribution < 1.29 is 9.53 Å². The molecule has 6 nitrogen and oxygen atoms in total. The van der Waals surface area contributed by atoms with E-state index in [4.69, 9.17) is 16.3 Å². The first-order valence-corrected chi connectivity index (χ1v) is 9.37. The predicted molar refractivity (Wildman–Crippen MR) is 110 cm³/mol. The summed E-state index contributed by atoms with van der Waals surface area (Å²) in [6.07, 6.45) is 2.27. The lowest BCUT2D eigenvalue weighted by Gasteiger charge is -2.08. The third kappa shape index (κ3) is 5.69. The monoisotopic (exact) mass is 396 g/mol. The largest absolute Gasteiger partial charge is 0.494 e. The van der Waals surface area contributed by atoms with E-state index < -0.39 is 0 Å². The molecule has 0 unspecified atom stereocenters. The molecule has 0 aliphatic carbocycles. The van der Waals surface area contributed by atoms with Gasteiger partial charge in [-0.1, -0.05) is 23.7 Å². The minimum absolute atomic E-state index is 0.244. The molecule has 0 aliphatic rings. The summed E-state index contributed by atoms with van der Waals surface area (Å²) in [5.41, 5.74) is 2.22. The molecule has 0 aliphatic heterocycles. The first-order chi connectivity index (χ1) is 13.6. The molecule has 28 heavy (non-hydrogen) atoms. The summed E-state index contributed by atoms with van der Waals surface area (Å²) >= 11 is 5.87. The van der Waals surface area contributed by atoms with Crippen LogP contribution in [0.2, 0.25) is 5.02 Å². The summed E-state index contributed by atoms with van der Waals surface area (Å²) < 4.78 is 5.42. The highest BCUT2D eigenvalue weighted by Crippen LogP contribution is 2.18. The van der Waals surface area contributed by atoms with E-state index in [9.17, 15) is 4.79 Å². The number of anilines is 2. The molecular formula is C21H21ClN4O2. The highest BCUT2D eigenvalue weighted by molar-refractivity contribution is 6.30. The van der Waals surface area contributed by atoms with Gasteiger partial charge < -0.3 is 15.4 Å².